The molecule has 0 bridgehead atoms. The van der Waals surface area contributed by atoms with Crippen LogP contribution >= 0.6 is 0 Å². The highest BCUT2D eigenvalue weighted by atomic mass is 16.1. The summed E-state index contributed by atoms with van der Waals surface area (Å²) < 4.78 is 0. The van der Waals surface area contributed by atoms with Gasteiger partial charge in [-0.1, -0.05) is 34.1 Å². The molecular weight excluding hydrogens is 184 g/mol. The Hall–Kier alpha value is -0.330. The SMILES string of the molecule is CCCC(C)(C)CCC(=O)C1CCC1C. The van der Waals surface area contributed by atoms with E-state index < -0.39 is 0 Å². The van der Waals surface area contributed by atoms with Gasteiger partial charge in [-0.25, -0.2) is 0 Å². The summed E-state index contributed by atoms with van der Waals surface area (Å²) in [4.78, 5) is 11.9. The van der Waals surface area contributed by atoms with Gasteiger partial charge < -0.3 is 0 Å². The maximum atomic E-state index is 11.9. The Morgan fingerprint density at radius 3 is 2.33 bits per heavy atom. The predicted octanol–water partition coefficient (Wildman–Crippen LogP) is 4.21. The van der Waals surface area contributed by atoms with E-state index in [1.54, 1.807) is 0 Å². The van der Waals surface area contributed by atoms with Crippen LogP contribution in [-0.2, 0) is 4.79 Å². The second kappa shape index (κ2) is 5.14. The first-order valence-electron chi connectivity index (χ1n) is 6.49. The number of rotatable bonds is 6. The van der Waals surface area contributed by atoms with Crippen LogP contribution in [0.25, 0.3) is 0 Å². The van der Waals surface area contributed by atoms with Crippen molar-refractivity contribution in [1.29, 1.82) is 0 Å². The Bertz CT molecular complexity index is 217. The van der Waals surface area contributed by atoms with Crippen molar-refractivity contribution in [2.75, 3.05) is 0 Å². The maximum absolute atomic E-state index is 11.9. The minimum atomic E-state index is 0.359. The predicted molar refractivity (Wildman–Crippen MR) is 64.8 cm³/mol. The van der Waals surface area contributed by atoms with Crippen LogP contribution in [0.4, 0.5) is 0 Å². The number of carbonyl (C=O) groups excluding carboxylic acids is 1. The molecule has 1 nitrogen and oxygen atoms in total. The largest absolute Gasteiger partial charge is 0.299 e. The first kappa shape index (κ1) is 12.7. The van der Waals surface area contributed by atoms with E-state index in [9.17, 15) is 4.79 Å². The molecule has 88 valence electrons. The highest BCUT2D eigenvalue weighted by molar-refractivity contribution is 5.82. The first-order chi connectivity index (χ1) is 6.96. The van der Waals surface area contributed by atoms with Crippen LogP contribution in [-0.4, -0.2) is 5.78 Å². The molecule has 0 amide bonds. The highest BCUT2D eigenvalue weighted by Crippen LogP contribution is 2.37. The number of ketones is 1. The fraction of sp³-hybridized carbons (Fsp3) is 0.929. The lowest BCUT2D eigenvalue weighted by atomic mass is 9.70. The van der Waals surface area contributed by atoms with Crippen LogP contribution in [0.2, 0.25) is 0 Å². The average Bonchev–Trinajstić information content (AvgIpc) is 2.12. The van der Waals surface area contributed by atoms with Crippen molar-refractivity contribution in [1.82, 2.24) is 0 Å². The summed E-state index contributed by atoms with van der Waals surface area (Å²) in [7, 11) is 0. The molecule has 1 saturated carbocycles. The van der Waals surface area contributed by atoms with Crippen molar-refractivity contribution in [3.63, 3.8) is 0 Å². The van der Waals surface area contributed by atoms with E-state index >= 15 is 0 Å². The van der Waals surface area contributed by atoms with E-state index in [1.165, 1.54) is 19.3 Å². The lowest BCUT2D eigenvalue weighted by molar-refractivity contribution is -0.128. The van der Waals surface area contributed by atoms with Crippen LogP contribution < -0.4 is 0 Å². The molecule has 0 heterocycles. The molecule has 1 rings (SSSR count). The zero-order valence-corrected chi connectivity index (χ0v) is 10.8. The third-order valence-corrected chi connectivity index (χ3v) is 4.01. The van der Waals surface area contributed by atoms with E-state index in [0.29, 0.717) is 23.0 Å². The van der Waals surface area contributed by atoms with Gasteiger partial charge in [0.25, 0.3) is 0 Å². The molecule has 0 radical (unpaired) electrons. The zero-order valence-electron chi connectivity index (χ0n) is 10.8. The van der Waals surface area contributed by atoms with Gasteiger partial charge in [0.05, 0.1) is 0 Å². The van der Waals surface area contributed by atoms with Gasteiger partial charge in [0.15, 0.2) is 0 Å². The van der Waals surface area contributed by atoms with Gasteiger partial charge in [-0.05, 0) is 37.0 Å². The van der Waals surface area contributed by atoms with Gasteiger partial charge in [-0.15, -0.1) is 0 Å². The molecule has 1 fully saturated rings. The molecular formula is C14H26O. The van der Waals surface area contributed by atoms with E-state index in [2.05, 4.69) is 27.7 Å². The van der Waals surface area contributed by atoms with Gasteiger partial charge in [0.1, 0.15) is 5.78 Å². The summed E-state index contributed by atoms with van der Waals surface area (Å²) in [5, 5.41) is 0. The van der Waals surface area contributed by atoms with E-state index in [1.807, 2.05) is 0 Å². The molecule has 1 aliphatic rings. The molecule has 15 heavy (non-hydrogen) atoms. The molecule has 0 aliphatic heterocycles. The average molecular weight is 210 g/mol. The Kier molecular flexibility index (Phi) is 4.36. The van der Waals surface area contributed by atoms with Crippen LogP contribution in [0.5, 0.6) is 0 Å². The number of Topliss-reactive ketones (excluding diaryl/α,β-unsaturated/α-hetero) is 1. The van der Waals surface area contributed by atoms with Crippen molar-refractivity contribution in [3.05, 3.63) is 0 Å². The number of hydrogen-bond donors (Lipinski definition) is 0. The smallest absolute Gasteiger partial charge is 0.136 e. The molecule has 1 aliphatic carbocycles. The molecule has 0 aromatic rings. The topological polar surface area (TPSA) is 17.1 Å². The van der Waals surface area contributed by atoms with Crippen molar-refractivity contribution in [3.8, 4) is 0 Å². The van der Waals surface area contributed by atoms with E-state index in [-0.39, 0.29) is 0 Å². The van der Waals surface area contributed by atoms with Gasteiger partial charge in [0.2, 0.25) is 0 Å². The standard InChI is InChI=1S/C14H26O/c1-5-9-14(3,4)10-8-13(15)12-7-6-11(12)2/h11-12H,5-10H2,1-4H3. The van der Waals surface area contributed by atoms with Crippen molar-refractivity contribution in [2.24, 2.45) is 17.3 Å². The third-order valence-electron chi connectivity index (χ3n) is 4.01. The zero-order chi connectivity index (χ0) is 11.5. The monoisotopic (exact) mass is 210 g/mol. The summed E-state index contributed by atoms with van der Waals surface area (Å²) >= 11 is 0. The molecule has 0 aromatic carbocycles. The lowest BCUT2D eigenvalue weighted by Crippen LogP contribution is -2.31. The third kappa shape index (κ3) is 3.62. The second-order valence-corrected chi connectivity index (χ2v) is 6.04. The van der Waals surface area contributed by atoms with E-state index in [0.717, 1.165) is 19.3 Å². The highest BCUT2D eigenvalue weighted by Gasteiger charge is 2.33. The van der Waals surface area contributed by atoms with Crippen LogP contribution in [0, 0.1) is 17.3 Å². The Morgan fingerprint density at radius 1 is 1.27 bits per heavy atom. The summed E-state index contributed by atoms with van der Waals surface area (Å²) in [6.07, 6.45) is 6.75. The molecule has 0 aromatic heterocycles. The maximum Gasteiger partial charge on any atom is 0.136 e. The Labute approximate surface area is 94.6 Å². The Balaban J connectivity index is 2.27. The summed E-state index contributed by atoms with van der Waals surface area (Å²) in [5.74, 6) is 1.59. The molecule has 1 heteroatoms. The van der Waals surface area contributed by atoms with Gasteiger partial charge in [-0.2, -0.15) is 0 Å². The molecule has 2 atom stereocenters. The number of carbonyl (C=O) groups is 1. The van der Waals surface area contributed by atoms with Gasteiger partial charge >= 0.3 is 0 Å². The quantitative estimate of drug-likeness (QED) is 0.642. The fourth-order valence-electron chi connectivity index (χ4n) is 2.59. The summed E-state index contributed by atoms with van der Waals surface area (Å²) in [6, 6.07) is 0. The minimum Gasteiger partial charge on any atom is -0.299 e. The van der Waals surface area contributed by atoms with Crippen molar-refractivity contribution >= 4 is 5.78 Å². The molecule has 0 N–H and O–H groups in total. The van der Waals surface area contributed by atoms with Crippen molar-refractivity contribution < 1.29 is 4.79 Å². The minimum absolute atomic E-state index is 0.359. The van der Waals surface area contributed by atoms with Gasteiger partial charge in [-0.3, -0.25) is 4.79 Å². The second-order valence-electron chi connectivity index (χ2n) is 6.04. The van der Waals surface area contributed by atoms with Crippen LogP contribution in [0.15, 0.2) is 0 Å². The summed E-state index contributed by atoms with van der Waals surface area (Å²) in [6.45, 7) is 9.00. The Morgan fingerprint density at radius 2 is 1.93 bits per heavy atom. The molecule has 0 spiro atoms. The molecule has 0 saturated heterocycles. The van der Waals surface area contributed by atoms with Crippen LogP contribution in [0.1, 0.15) is 66.2 Å². The van der Waals surface area contributed by atoms with Crippen molar-refractivity contribution in [2.45, 2.75) is 66.2 Å². The van der Waals surface area contributed by atoms with E-state index in [4.69, 9.17) is 0 Å². The van der Waals surface area contributed by atoms with Gasteiger partial charge in [0, 0.05) is 12.3 Å². The lowest BCUT2D eigenvalue weighted by Gasteiger charge is -2.33. The normalized spacial score (nSPS) is 26.1. The summed E-state index contributed by atoms with van der Waals surface area (Å²) in [5.41, 5.74) is 0.359. The number of hydrogen-bond acceptors (Lipinski definition) is 1. The first-order valence-corrected chi connectivity index (χ1v) is 6.49. The molecule has 2 unspecified atom stereocenters. The van der Waals surface area contributed by atoms with Crippen LogP contribution in [0.3, 0.4) is 0 Å². The fourth-order valence-corrected chi connectivity index (χ4v) is 2.59.